The Balaban J connectivity index is 2.48. The lowest BCUT2D eigenvalue weighted by atomic mass is 9.70. The lowest BCUT2D eigenvalue weighted by molar-refractivity contribution is 0.110. The molecule has 0 amide bonds. The molecule has 1 aliphatic rings. The van der Waals surface area contributed by atoms with Gasteiger partial charge in [-0.2, -0.15) is 0 Å². The van der Waals surface area contributed by atoms with Gasteiger partial charge >= 0.3 is 0 Å². The van der Waals surface area contributed by atoms with Crippen LogP contribution < -0.4 is 5.32 Å². The number of nitrogens with one attached hydrogen (secondary N) is 1. The third kappa shape index (κ3) is 1.96. The Kier molecular flexibility index (Phi) is 2.58. The van der Waals surface area contributed by atoms with Gasteiger partial charge in [-0.25, -0.2) is 0 Å². The van der Waals surface area contributed by atoms with E-state index in [1.807, 2.05) is 0 Å². The molecule has 1 N–H and O–H groups in total. The second kappa shape index (κ2) is 3.14. The predicted octanol–water partition coefficient (Wildman–Crippen LogP) is 2.28. The number of hydrogen-bond acceptors (Lipinski definition) is 1. The summed E-state index contributed by atoms with van der Waals surface area (Å²) in [6, 6.07) is 0. The fraction of sp³-hybridized carbons (Fsp3) is 1.00. The van der Waals surface area contributed by atoms with Crippen LogP contribution >= 0.6 is 0 Å². The highest BCUT2D eigenvalue weighted by atomic mass is 15.0. The van der Waals surface area contributed by atoms with Gasteiger partial charge in [0.15, 0.2) is 0 Å². The third-order valence-electron chi connectivity index (χ3n) is 2.93. The fourth-order valence-corrected chi connectivity index (χ4v) is 2.25. The highest BCUT2D eigenvalue weighted by Gasteiger charge is 2.33. The van der Waals surface area contributed by atoms with E-state index in [0.29, 0.717) is 5.41 Å². The molecule has 0 saturated carbocycles. The minimum absolute atomic E-state index is 0.502. The monoisotopic (exact) mass is 155 g/mol. The van der Waals surface area contributed by atoms with Crippen LogP contribution in [-0.4, -0.2) is 13.1 Å². The Morgan fingerprint density at radius 1 is 1.36 bits per heavy atom. The van der Waals surface area contributed by atoms with E-state index in [1.165, 1.54) is 19.5 Å². The first kappa shape index (κ1) is 9.05. The Bertz CT molecular complexity index is 119. The summed E-state index contributed by atoms with van der Waals surface area (Å²) in [6.07, 6.45) is 1.33. The van der Waals surface area contributed by atoms with E-state index in [-0.39, 0.29) is 0 Å². The summed E-state index contributed by atoms with van der Waals surface area (Å²) in [5.41, 5.74) is 0.502. The molecule has 1 unspecified atom stereocenters. The molecule has 1 nitrogen and oxygen atoms in total. The molecule has 0 bridgehead atoms. The van der Waals surface area contributed by atoms with Gasteiger partial charge in [0, 0.05) is 0 Å². The minimum atomic E-state index is 0.502. The quantitative estimate of drug-likeness (QED) is 0.645. The zero-order valence-electron chi connectivity index (χ0n) is 8.28. The summed E-state index contributed by atoms with van der Waals surface area (Å²) in [5.74, 6) is 1.85. The van der Waals surface area contributed by atoms with Gasteiger partial charge < -0.3 is 5.32 Å². The van der Waals surface area contributed by atoms with Gasteiger partial charge in [0.05, 0.1) is 0 Å². The summed E-state index contributed by atoms with van der Waals surface area (Å²) >= 11 is 0. The first-order chi connectivity index (χ1) is 5.05. The van der Waals surface area contributed by atoms with Crippen molar-refractivity contribution in [2.45, 2.75) is 34.1 Å². The fourth-order valence-electron chi connectivity index (χ4n) is 2.25. The molecule has 1 saturated heterocycles. The summed E-state index contributed by atoms with van der Waals surface area (Å²) in [4.78, 5) is 0. The standard InChI is InChI=1S/C10H21N/c1-5-9(10(2,3)4)8-6-11-7-8/h8-9,11H,5-7H2,1-4H3. The Labute approximate surface area is 70.6 Å². The van der Waals surface area contributed by atoms with Crippen molar-refractivity contribution in [3.63, 3.8) is 0 Å². The average molecular weight is 155 g/mol. The molecule has 0 aromatic rings. The molecule has 66 valence electrons. The Morgan fingerprint density at radius 2 is 1.91 bits per heavy atom. The van der Waals surface area contributed by atoms with Crippen molar-refractivity contribution in [2.24, 2.45) is 17.3 Å². The molecule has 1 heterocycles. The molecule has 1 aliphatic heterocycles. The molecule has 0 spiro atoms. The van der Waals surface area contributed by atoms with Crippen molar-refractivity contribution in [3.8, 4) is 0 Å². The van der Waals surface area contributed by atoms with Crippen molar-refractivity contribution < 1.29 is 0 Å². The van der Waals surface area contributed by atoms with Crippen LogP contribution in [0.15, 0.2) is 0 Å². The molecule has 0 aromatic heterocycles. The molecule has 1 rings (SSSR count). The second-order valence-corrected chi connectivity index (χ2v) is 4.80. The van der Waals surface area contributed by atoms with Crippen molar-refractivity contribution in [1.29, 1.82) is 0 Å². The van der Waals surface area contributed by atoms with Gasteiger partial charge in [-0.1, -0.05) is 34.1 Å². The maximum Gasteiger partial charge on any atom is -0.000539 e. The Morgan fingerprint density at radius 3 is 2.00 bits per heavy atom. The third-order valence-corrected chi connectivity index (χ3v) is 2.93. The van der Waals surface area contributed by atoms with E-state index in [2.05, 4.69) is 33.0 Å². The van der Waals surface area contributed by atoms with E-state index >= 15 is 0 Å². The largest absolute Gasteiger partial charge is 0.316 e. The van der Waals surface area contributed by atoms with Crippen LogP contribution in [0.4, 0.5) is 0 Å². The van der Waals surface area contributed by atoms with Gasteiger partial charge in [0.2, 0.25) is 0 Å². The minimum Gasteiger partial charge on any atom is -0.316 e. The van der Waals surface area contributed by atoms with Crippen LogP contribution in [-0.2, 0) is 0 Å². The van der Waals surface area contributed by atoms with Crippen LogP contribution in [0, 0.1) is 17.3 Å². The van der Waals surface area contributed by atoms with Crippen LogP contribution in [0.3, 0.4) is 0 Å². The van der Waals surface area contributed by atoms with Gasteiger partial charge in [-0.15, -0.1) is 0 Å². The molecular formula is C10H21N. The van der Waals surface area contributed by atoms with Gasteiger partial charge in [0.1, 0.15) is 0 Å². The number of hydrogen-bond donors (Lipinski definition) is 1. The molecule has 0 aromatic carbocycles. The van der Waals surface area contributed by atoms with E-state index in [9.17, 15) is 0 Å². The summed E-state index contributed by atoms with van der Waals surface area (Å²) < 4.78 is 0. The Hall–Kier alpha value is -0.0400. The summed E-state index contributed by atoms with van der Waals surface area (Å²) in [7, 11) is 0. The second-order valence-electron chi connectivity index (χ2n) is 4.80. The molecule has 1 fully saturated rings. The summed E-state index contributed by atoms with van der Waals surface area (Å²) in [6.45, 7) is 11.9. The average Bonchev–Trinajstić information content (AvgIpc) is 1.74. The molecular weight excluding hydrogens is 134 g/mol. The first-order valence-electron chi connectivity index (χ1n) is 4.76. The zero-order valence-corrected chi connectivity index (χ0v) is 8.28. The maximum atomic E-state index is 3.35. The van der Waals surface area contributed by atoms with Crippen molar-refractivity contribution in [1.82, 2.24) is 5.32 Å². The van der Waals surface area contributed by atoms with Crippen molar-refractivity contribution >= 4 is 0 Å². The molecule has 0 aliphatic carbocycles. The SMILES string of the molecule is CCC(C1CNC1)C(C)(C)C. The van der Waals surface area contributed by atoms with Crippen LogP contribution in [0.5, 0.6) is 0 Å². The predicted molar refractivity (Wildman–Crippen MR) is 49.6 cm³/mol. The smallest absolute Gasteiger partial charge is 0.000539 e. The molecule has 0 radical (unpaired) electrons. The highest BCUT2D eigenvalue weighted by molar-refractivity contribution is 4.87. The van der Waals surface area contributed by atoms with E-state index in [4.69, 9.17) is 0 Å². The van der Waals surface area contributed by atoms with Gasteiger partial charge in [0.25, 0.3) is 0 Å². The maximum absolute atomic E-state index is 3.35. The summed E-state index contributed by atoms with van der Waals surface area (Å²) in [5, 5.41) is 3.35. The van der Waals surface area contributed by atoms with E-state index < -0.39 is 0 Å². The molecule has 1 atom stereocenters. The normalized spacial score (nSPS) is 22.9. The molecule has 11 heavy (non-hydrogen) atoms. The van der Waals surface area contributed by atoms with Gasteiger partial charge in [-0.05, 0) is 30.3 Å². The van der Waals surface area contributed by atoms with E-state index in [0.717, 1.165) is 11.8 Å². The highest BCUT2D eigenvalue weighted by Crippen LogP contribution is 2.36. The van der Waals surface area contributed by atoms with Gasteiger partial charge in [-0.3, -0.25) is 0 Å². The number of rotatable bonds is 2. The van der Waals surface area contributed by atoms with Crippen LogP contribution in [0.1, 0.15) is 34.1 Å². The lowest BCUT2D eigenvalue weighted by Crippen LogP contribution is -2.49. The topological polar surface area (TPSA) is 12.0 Å². The first-order valence-corrected chi connectivity index (χ1v) is 4.76. The van der Waals surface area contributed by atoms with Crippen LogP contribution in [0.2, 0.25) is 0 Å². The van der Waals surface area contributed by atoms with Crippen molar-refractivity contribution in [2.75, 3.05) is 13.1 Å². The molecule has 1 heteroatoms. The lowest BCUT2D eigenvalue weighted by Gasteiger charge is -2.41. The van der Waals surface area contributed by atoms with Crippen LogP contribution in [0.25, 0.3) is 0 Å². The van der Waals surface area contributed by atoms with Crippen molar-refractivity contribution in [3.05, 3.63) is 0 Å². The van der Waals surface area contributed by atoms with E-state index in [1.54, 1.807) is 0 Å². The zero-order chi connectivity index (χ0) is 8.48.